The second-order valence-electron chi connectivity index (χ2n) is 5.66. The molecular weight excluding hydrogens is 390 g/mol. The van der Waals surface area contributed by atoms with Crippen LogP contribution in [0.4, 0.5) is 14.5 Å². The molecule has 3 rings (SSSR count). The number of amides is 1. The Kier molecular flexibility index (Phi) is 5.74. The van der Waals surface area contributed by atoms with Gasteiger partial charge in [0.2, 0.25) is 0 Å². The highest BCUT2D eigenvalue weighted by Gasteiger charge is 2.32. The van der Waals surface area contributed by atoms with Crippen molar-refractivity contribution in [1.29, 1.82) is 0 Å². The van der Waals surface area contributed by atoms with Crippen molar-refractivity contribution >= 4 is 35.0 Å². The van der Waals surface area contributed by atoms with Crippen LogP contribution in [-0.2, 0) is 4.79 Å². The molecule has 0 aliphatic carbocycles. The molecule has 0 atom stereocenters. The zero-order valence-electron chi connectivity index (χ0n) is 14.7. The van der Waals surface area contributed by atoms with E-state index < -0.39 is 12.5 Å². The number of hydrogen-bond donors (Lipinski definition) is 2. The van der Waals surface area contributed by atoms with E-state index in [4.69, 9.17) is 17.0 Å². The van der Waals surface area contributed by atoms with Gasteiger partial charge in [-0.2, -0.15) is 8.78 Å². The van der Waals surface area contributed by atoms with Gasteiger partial charge in [-0.1, -0.05) is 6.07 Å². The normalized spacial score (nSPS) is 15.3. The van der Waals surface area contributed by atoms with Crippen molar-refractivity contribution in [3.63, 3.8) is 0 Å². The molecule has 0 unspecified atom stereocenters. The lowest BCUT2D eigenvalue weighted by atomic mass is 10.1. The molecule has 2 aromatic carbocycles. The van der Waals surface area contributed by atoms with Crippen LogP contribution in [0.5, 0.6) is 17.2 Å². The van der Waals surface area contributed by atoms with Crippen LogP contribution in [0.15, 0.2) is 48.2 Å². The molecule has 2 N–H and O–H groups in total. The first-order valence-corrected chi connectivity index (χ1v) is 8.67. The third-order valence-electron chi connectivity index (χ3n) is 3.79. The van der Waals surface area contributed by atoms with Gasteiger partial charge >= 0.3 is 6.61 Å². The summed E-state index contributed by atoms with van der Waals surface area (Å²) in [6.45, 7) is -0.752. The van der Waals surface area contributed by atoms with Crippen LogP contribution in [0.3, 0.4) is 0 Å². The van der Waals surface area contributed by atoms with Gasteiger partial charge in [0.25, 0.3) is 5.91 Å². The molecule has 9 heteroatoms. The summed E-state index contributed by atoms with van der Waals surface area (Å²) in [4.78, 5) is 14.0. The van der Waals surface area contributed by atoms with Crippen molar-refractivity contribution in [2.24, 2.45) is 0 Å². The zero-order valence-corrected chi connectivity index (χ0v) is 15.5. The molecule has 0 aromatic heterocycles. The fraction of sp³-hybridized carbons (Fsp3) is 0.158. The molecule has 1 amide bonds. The lowest BCUT2D eigenvalue weighted by molar-refractivity contribution is -0.113. The first-order valence-electron chi connectivity index (χ1n) is 8.27. The lowest BCUT2D eigenvalue weighted by Gasteiger charge is -2.14. The monoisotopic (exact) mass is 406 g/mol. The number of thiocarbonyl (C=S) groups is 1. The van der Waals surface area contributed by atoms with E-state index >= 15 is 0 Å². The van der Waals surface area contributed by atoms with E-state index in [-0.39, 0.29) is 22.3 Å². The second-order valence-corrected chi connectivity index (χ2v) is 6.05. The number of benzene rings is 2. The Bertz CT molecular complexity index is 932. The highest BCUT2D eigenvalue weighted by Crippen LogP contribution is 2.29. The molecule has 6 nitrogen and oxygen atoms in total. The third-order valence-corrected chi connectivity index (χ3v) is 4.08. The van der Waals surface area contributed by atoms with Crippen LogP contribution >= 0.6 is 12.2 Å². The standard InChI is InChI=1S/C19H16F2N2O4S/c1-2-26-16-10-11(3-8-15(16)24)9-14-17(25)23(19(28)22-14)12-4-6-13(7-5-12)27-18(20)21/h3-10,18,24H,2H2,1H3,(H,22,28)/b14-9+. The predicted octanol–water partition coefficient (Wildman–Crippen LogP) is 3.65. The molecular formula is C19H16F2N2O4S. The second kappa shape index (κ2) is 8.22. The van der Waals surface area contributed by atoms with Gasteiger partial charge in [-0.25, -0.2) is 0 Å². The van der Waals surface area contributed by atoms with E-state index in [1.54, 1.807) is 25.1 Å². The van der Waals surface area contributed by atoms with Gasteiger partial charge in [0.05, 0.1) is 12.3 Å². The van der Waals surface area contributed by atoms with Crippen molar-refractivity contribution in [1.82, 2.24) is 5.32 Å². The van der Waals surface area contributed by atoms with Gasteiger partial charge in [-0.15, -0.1) is 0 Å². The smallest absolute Gasteiger partial charge is 0.387 e. The number of nitrogens with zero attached hydrogens (tertiary/aromatic N) is 1. The van der Waals surface area contributed by atoms with Gasteiger partial charge in [0, 0.05) is 0 Å². The van der Waals surface area contributed by atoms with Crippen molar-refractivity contribution in [2.45, 2.75) is 13.5 Å². The summed E-state index contributed by atoms with van der Waals surface area (Å²) in [5.41, 5.74) is 1.27. The molecule has 1 aliphatic rings. The Hall–Kier alpha value is -3.20. The number of phenolic OH excluding ortho intramolecular Hbond substituents is 1. The number of ether oxygens (including phenoxy) is 2. The number of halogens is 2. The maximum atomic E-state index is 12.7. The number of hydrogen-bond acceptors (Lipinski definition) is 5. The number of nitrogens with one attached hydrogen (secondary N) is 1. The quantitative estimate of drug-likeness (QED) is 0.564. The fourth-order valence-corrected chi connectivity index (χ4v) is 2.90. The number of alkyl halides is 2. The maximum Gasteiger partial charge on any atom is 0.387 e. The van der Waals surface area contributed by atoms with Gasteiger partial charge in [-0.3, -0.25) is 9.69 Å². The average Bonchev–Trinajstić information content (AvgIpc) is 2.92. The van der Waals surface area contributed by atoms with Crippen molar-refractivity contribution < 1.29 is 28.2 Å². The first-order chi connectivity index (χ1) is 13.4. The molecule has 146 valence electrons. The largest absolute Gasteiger partial charge is 0.504 e. The summed E-state index contributed by atoms with van der Waals surface area (Å²) in [6, 6.07) is 10.3. The Morgan fingerprint density at radius 2 is 1.96 bits per heavy atom. The predicted molar refractivity (Wildman–Crippen MR) is 104 cm³/mol. The summed E-state index contributed by atoms with van der Waals surface area (Å²) >= 11 is 5.22. The molecule has 2 aromatic rings. The Morgan fingerprint density at radius 3 is 2.61 bits per heavy atom. The number of carbonyl (C=O) groups is 1. The molecule has 28 heavy (non-hydrogen) atoms. The summed E-state index contributed by atoms with van der Waals surface area (Å²) in [5.74, 6) is -0.125. The first kappa shape index (κ1) is 19.6. The van der Waals surface area contributed by atoms with Crippen molar-refractivity contribution in [2.75, 3.05) is 11.5 Å². The maximum absolute atomic E-state index is 12.7. The van der Waals surface area contributed by atoms with Crippen molar-refractivity contribution in [3.05, 3.63) is 53.7 Å². The number of rotatable bonds is 6. The zero-order chi connectivity index (χ0) is 20.3. The van der Waals surface area contributed by atoms with Gasteiger partial charge in [0.1, 0.15) is 11.4 Å². The molecule has 1 heterocycles. The molecule has 0 radical (unpaired) electrons. The van der Waals surface area contributed by atoms with Crippen LogP contribution < -0.4 is 19.7 Å². The fourth-order valence-electron chi connectivity index (χ4n) is 2.60. The SMILES string of the molecule is CCOc1cc(/C=C2/NC(=S)N(c3ccc(OC(F)F)cc3)C2=O)ccc1O. The number of anilines is 1. The minimum Gasteiger partial charge on any atom is -0.504 e. The third kappa shape index (κ3) is 4.20. The van der Waals surface area contributed by atoms with E-state index in [1.807, 2.05) is 0 Å². The lowest BCUT2D eigenvalue weighted by Crippen LogP contribution is -2.30. The summed E-state index contributed by atoms with van der Waals surface area (Å²) in [5, 5.41) is 12.8. The van der Waals surface area contributed by atoms with Crippen molar-refractivity contribution in [3.8, 4) is 17.2 Å². The Morgan fingerprint density at radius 1 is 1.25 bits per heavy atom. The molecule has 1 saturated heterocycles. The molecule has 1 aliphatic heterocycles. The van der Waals surface area contributed by atoms with E-state index in [0.29, 0.717) is 23.6 Å². The van der Waals surface area contributed by atoms with E-state index in [0.717, 1.165) is 0 Å². The Balaban J connectivity index is 1.83. The molecule has 0 spiro atoms. The van der Waals surface area contributed by atoms with Gasteiger partial charge in [-0.05, 0) is 67.2 Å². The highest BCUT2D eigenvalue weighted by atomic mass is 32.1. The highest BCUT2D eigenvalue weighted by molar-refractivity contribution is 7.80. The summed E-state index contributed by atoms with van der Waals surface area (Å²) in [7, 11) is 0. The van der Waals surface area contributed by atoms with Gasteiger partial charge in [0.15, 0.2) is 16.6 Å². The summed E-state index contributed by atoms with van der Waals surface area (Å²) < 4.78 is 34.1. The van der Waals surface area contributed by atoms with Crippen LogP contribution in [0.2, 0.25) is 0 Å². The van der Waals surface area contributed by atoms with Crippen LogP contribution in [0, 0.1) is 0 Å². The van der Waals surface area contributed by atoms with E-state index in [1.165, 1.54) is 35.2 Å². The molecule has 1 fully saturated rings. The topological polar surface area (TPSA) is 71.0 Å². The molecule has 0 saturated carbocycles. The van der Waals surface area contributed by atoms with Crippen LogP contribution in [0.1, 0.15) is 12.5 Å². The minimum absolute atomic E-state index is 0.00189. The minimum atomic E-state index is -2.93. The number of carbonyl (C=O) groups excluding carboxylic acids is 1. The van der Waals surface area contributed by atoms with Gasteiger partial charge < -0.3 is 19.9 Å². The van der Waals surface area contributed by atoms with E-state index in [9.17, 15) is 18.7 Å². The summed E-state index contributed by atoms with van der Waals surface area (Å²) in [6.07, 6.45) is 1.57. The molecule has 0 bridgehead atoms. The average molecular weight is 406 g/mol. The van der Waals surface area contributed by atoms with Crippen LogP contribution in [-0.4, -0.2) is 29.3 Å². The number of phenols is 1. The Labute approximate surface area is 165 Å². The van der Waals surface area contributed by atoms with Crippen LogP contribution in [0.25, 0.3) is 6.08 Å². The number of aromatic hydroxyl groups is 1. The van der Waals surface area contributed by atoms with E-state index in [2.05, 4.69) is 10.1 Å².